The summed E-state index contributed by atoms with van der Waals surface area (Å²) in [6.45, 7) is 2.35. The van der Waals surface area contributed by atoms with E-state index < -0.39 is 47.2 Å². The van der Waals surface area contributed by atoms with Crippen molar-refractivity contribution in [1.82, 2.24) is 0 Å². The van der Waals surface area contributed by atoms with Gasteiger partial charge in [-0.05, 0) is 124 Å². The van der Waals surface area contributed by atoms with Gasteiger partial charge >= 0.3 is 6.11 Å². The lowest BCUT2D eigenvalue weighted by Gasteiger charge is -2.41. The largest absolute Gasteiger partial charge is 0.432 e. The van der Waals surface area contributed by atoms with Crippen LogP contribution in [-0.2, 0) is 0 Å². The Hall–Kier alpha value is -2.25. The van der Waals surface area contributed by atoms with Gasteiger partial charge < -0.3 is 4.74 Å². The van der Waals surface area contributed by atoms with E-state index in [1.807, 2.05) is 0 Å². The molecular formula is C33H39F7O. The summed E-state index contributed by atoms with van der Waals surface area (Å²) in [6, 6.07) is 4.08. The van der Waals surface area contributed by atoms with Crippen molar-refractivity contribution in [2.45, 2.75) is 96.5 Å². The van der Waals surface area contributed by atoms with Gasteiger partial charge in [0.15, 0.2) is 0 Å². The van der Waals surface area contributed by atoms with E-state index in [4.69, 9.17) is 4.74 Å². The monoisotopic (exact) mass is 584 g/mol. The van der Waals surface area contributed by atoms with E-state index in [-0.39, 0.29) is 11.1 Å². The van der Waals surface area contributed by atoms with Crippen LogP contribution in [-0.4, -0.2) is 6.11 Å². The Labute approximate surface area is 237 Å². The van der Waals surface area contributed by atoms with Crippen LogP contribution in [0.25, 0.3) is 11.1 Å². The van der Waals surface area contributed by atoms with Crippen molar-refractivity contribution in [3.8, 4) is 16.9 Å². The molecule has 2 aromatic carbocycles. The second-order valence-electron chi connectivity index (χ2n) is 12.8. The maximum Gasteiger partial charge on any atom is 0.400 e. The molecule has 0 amide bonds. The first kappa shape index (κ1) is 30.2. The first-order valence-corrected chi connectivity index (χ1v) is 15.2. The van der Waals surface area contributed by atoms with Crippen molar-refractivity contribution in [1.29, 1.82) is 0 Å². The number of hydrogen-bond acceptors (Lipinski definition) is 1. The molecule has 0 aliphatic heterocycles. The van der Waals surface area contributed by atoms with E-state index in [1.165, 1.54) is 51.4 Å². The van der Waals surface area contributed by atoms with Gasteiger partial charge in [-0.3, -0.25) is 0 Å². The lowest BCUT2D eigenvalue weighted by Crippen LogP contribution is -2.38. The van der Waals surface area contributed by atoms with Gasteiger partial charge in [0.05, 0.1) is 11.5 Å². The smallest absolute Gasteiger partial charge is 0.400 e. The molecule has 2 aromatic rings. The SMILES string of the molecule is CC1CCC(C2CCC(C3CCC(C(F)(F)Oc4ccc(-c5cc(F)c(C(F)F)c(F)c5)c(F)c4)CC3)CC2)CC1. The molecule has 0 spiro atoms. The zero-order valence-electron chi connectivity index (χ0n) is 23.5. The van der Waals surface area contributed by atoms with Crippen molar-refractivity contribution in [3.05, 3.63) is 53.3 Å². The Morgan fingerprint density at radius 2 is 1.12 bits per heavy atom. The van der Waals surface area contributed by atoms with Crippen LogP contribution in [0.1, 0.15) is 96.0 Å². The fraction of sp³-hybridized carbons (Fsp3) is 0.636. The highest BCUT2D eigenvalue weighted by molar-refractivity contribution is 5.65. The van der Waals surface area contributed by atoms with Crippen molar-refractivity contribution in [2.24, 2.45) is 35.5 Å². The molecule has 0 saturated heterocycles. The number of benzene rings is 2. The molecule has 8 heteroatoms. The van der Waals surface area contributed by atoms with Gasteiger partial charge in [0, 0.05) is 11.6 Å². The van der Waals surface area contributed by atoms with E-state index in [0.717, 1.165) is 48.8 Å². The minimum atomic E-state index is -3.49. The standard InChI is InChI=1S/C33H39F7O/c1-19-2-4-20(5-3-19)21-6-8-22(9-7-21)23-10-12-25(13-11-23)33(39,40)41-26-14-15-27(28(34)18-26)24-16-29(35)31(32(37)38)30(36)17-24/h14-23,25,32H,2-13H2,1H3. The number of halogens is 7. The van der Waals surface area contributed by atoms with E-state index in [0.29, 0.717) is 36.8 Å². The molecule has 226 valence electrons. The van der Waals surface area contributed by atoms with Crippen LogP contribution in [0.2, 0.25) is 0 Å². The molecule has 0 unspecified atom stereocenters. The van der Waals surface area contributed by atoms with Crippen LogP contribution in [0.3, 0.4) is 0 Å². The molecule has 0 aromatic heterocycles. The highest BCUT2D eigenvalue weighted by Gasteiger charge is 2.45. The summed E-state index contributed by atoms with van der Waals surface area (Å²) in [5, 5.41) is 0. The summed E-state index contributed by atoms with van der Waals surface area (Å²) < 4.78 is 104. The average molecular weight is 585 g/mol. The molecular weight excluding hydrogens is 545 g/mol. The van der Waals surface area contributed by atoms with Gasteiger partial charge in [-0.25, -0.2) is 22.0 Å². The number of hydrogen-bond donors (Lipinski definition) is 0. The molecule has 0 radical (unpaired) electrons. The molecule has 3 fully saturated rings. The topological polar surface area (TPSA) is 9.23 Å². The first-order valence-electron chi connectivity index (χ1n) is 15.2. The molecule has 5 rings (SSSR count). The van der Waals surface area contributed by atoms with Gasteiger partial charge in [0.2, 0.25) is 0 Å². The first-order chi connectivity index (χ1) is 19.5. The molecule has 0 atom stereocenters. The minimum absolute atomic E-state index is 0.312. The summed E-state index contributed by atoms with van der Waals surface area (Å²) in [4.78, 5) is 0. The minimum Gasteiger partial charge on any atom is -0.432 e. The van der Waals surface area contributed by atoms with E-state index in [2.05, 4.69) is 6.92 Å². The maximum atomic E-state index is 15.1. The number of alkyl halides is 4. The van der Waals surface area contributed by atoms with Crippen LogP contribution < -0.4 is 4.74 Å². The predicted octanol–water partition coefficient (Wildman–Crippen LogP) is 11.1. The third kappa shape index (κ3) is 6.88. The zero-order chi connectivity index (χ0) is 29.3. The molecule has 3 aliphatic rings. The molecule has 0 N–H and O–H groups in total. The average Bonchev–Trinajstić information content (AvgIpc) is 2.93. The Balaban J connectivity index is 1.14. The molecule has 3 saturated carbocycles. The Kier molecular flexibility index (Phi) is 9.25. The second kappa shape index (κ2) is 12.5. The van der Waals surface area contributed by atoms with Gasteiger partial charge in [-0.2, -0.15) is 8.78 Å². The Morgan fingerprint density at radius 1 is 0.659 bits per heavy atom. The number of ether oxygens (including phenoxy) is 1. The van der Waals surface area contributed by atoms with Crippen molar-refractivity contribution in [3.63, 3.8) is 0 Å². The van der Waals surface area contributed by atoms with Crippen molar-refractivity contribution < 1.29 is 35.5 Å². The summed E-state index contributed by atoms with van der Waals surface area (Å²) >= 11 is 0. The van der Waals surface area contributed by atoms with Crippen molar-refractivity contribution >= 4 is 0 Å². The van der Waals surface area contributed by atoms with Gasteiger partial charge in [0.25, 0.3) is 6.43 Å². The normalized spacial score (nSPS) is 29.5. The lowest BCUT2D eigenvalue weighted by atomic mass is 9.65. The van der Waals surface area contributed by atoms with Crippen LogP contribution in [0.15, 0.2) is 30.3 Å². The highest BCUT2D eigenvalue weighted by Crippen LogP contribution is 2.48. The summed E-state index contributed by atoms with van der Waals surface area (Å²) in [6.07, 6.45) is 5.62. The third-order valence-corrected chi connectivity index (χ3v) is 10.3. The molecule has 3 aliphatic carbocycles. The Morgan fingerprint density at radius 3 is 1.59 bits per heavy atom. The van der Waals surface area contributed by atoms with E-state index in [9.17, 15) is 22.0 Å². The summed E-state index contributed by atoms with van der Waals surface area (Å²) in [5.41, 5.74) is -2.03. The molecule has 1 nitrogen and oxygen atoms in total. The number of rotatable bonds is 7. The van der Waals surface area contributed by atoms with Gasteiger partial charge in [-0.15, -0.1) is 0 Å². The fourth-order valence-electron chi connectivity index (χ4n) is 7.75. The van der Waals surface area contributed by atoms with Gasteiger partial charge in [-0.1, -0.05) is 19.8 Å². The van der Waals surface area contributed by atoms with Crippen LogP contribution in [0, 0.1) is 53.0 Å². The van der Waals surface area contributed by atoms with Crippen molar-refractivity contribution in [2.75, 3.05) is 0 Å². The quantitative estimate of drug-likeness (QED) is 0.294. The van der Waals surface area contributed by atoms with Gasteiger partial charge in [0.1, 0.15) is 23.2 Å². The van der Waals surface area contributed by atoms with Crippen LogP contribution >= 0.6 is 0 Å². The van der Waals surface area contributed by atoms with Crippen LogP contribution in [0.4, 0.5) is 30.7 Å². The lowest BCUT2D eigenvalue weighted by molar-refractivity contribution is -0.224. The molecule has 0 bridgehead atoms. The maximum absolute atomic E-state index is 15.1. The summed E-state index contributed by atoms with van der Waals surface area (Å²) in [5.74, 6) is -1.84. The summed E-state index contributed by atoms with van der Waals surface area (Å²) in [7, 11) is 0. The van der Waals surface area contributed by atoms with E-state index in [1.54, 1.807) is 0 Å². The zero-order valence-corrected chi connectivity index (χ0v) is 23.5. The molecule has 41 heavy (non-hydrogen) atoms. The third-order valence-electron chi connectivity index (χ3n) is 10.3. The second-order valence-corrected chi connectivity index (χ2v) is 12.8. The van der Waals surface area contributed by atoms with E-state index >= 15 is 8.78 Å². The highest BCUT2D eigenvalue weighted by atomic mass is 19.3. The predicted molar refractivity (Wildman–Crippen MR) is 144 cm³/mol. The fourth-order valence-corrected chi connectivity index (χ4v) is 7.75. The van der Waals surface area contributed by atoms with Crippen LogP contribution in [0.5, 0.6) is 5.75 Å². The Bertz CT molecular complexity index is 1150. The molecule has 0 heterocycles.